The normalized spacial score (nSPS) is 12.8. The van der Waals surface area contributed by atoms with Crippen LogP contribution in [0.15, 0.2) is 36.8 Å². The van der Waals surface area contributed by atoms with Gasteiger partial charge in [-0.25, -0.2) is 9.37 Å². The Bertz CT molecular complexity index is 1240. The molecule has 0 radical (unpaired) electrons. The quantitative estimate of drug-likeness (QED) is 0.575. The zero-order valence-corrected chi connectivity index (χ0v) is 16.1. The molecule has 0 amide bonds. The molecule has 8 heteroatoms. The van der Waals surface area contributed by atoms with Gasteiger partial charge < -0.3 is 10.1 Å². The Hall–Kier alpha value is -3.55. The van der Waals surface area contributed by atoms with Crippen LogP contribution in [0.3, 0.4) is 0 Å². The minimum absolute atomic E-state index is 0.250. The standard InChI is InChI=1S/C21H19FN6O/c1-12-3-4-14(13(2)26-12)17-10-24-21(28-11-25-27-20(17)28)23-9-16-15-7-8-29-19(15)6-5-18(16)22/h3-6,10-11H,7-9H2,1-2H3,(H,23,24). The van der Waals surface area contributed by atoms with Crippen LogP contribution >= 0.6 is 0 Å². The number of aromatic nitrogens is 5. The van der Waals surface area contributed by atoms with Crippen molar-refractivity contribution in [3.8, 4) is 16.9 Å². The molecule has 146 valence electrons. The summed E-state index contributed by atoms with van der Waals surface area (Å²) in [6.07, 6.45) is 4.05. The maximum atomic E-state index is 14.4. The van der Waals surface area contributed by atoms with E-state index < -0.39 is 0 Å². The first-order valence-corrected chi connectivity index (χ1v) is 9.42. The van der Waals surface area contributed by atoms with Gasteiger partial charge in [-0.2, -0.15) is 0 Å². The van der Waals surface area contributed by atoms with Crippen molar-refractivity contribution in [3.05, 3.63) is 65.1 Å². The SMILES string of the molecule is Cc1ccc(-c2cnc(NCc3c(F)ccc4c3CCO4)n3cnnc23)c(C)n1. The van der Waals surface area contributed by atoms with E-state index in [2.05, 4.69) is 25.5 Å². The number of benzene rings is 1. The van der Waals surface area contributed by atoms with Crippen LogP contribution in [0.5, 0.6) is 5.75 Å². The van der Waals surface area contributed by atoms with Crippen molar-refractivity contribution in [3.63, 3.8) is 0 Å². The Morgan fingerprint density at radius 1 is 1.17 bits per heavy atom. The van der Waals surface area contributed by atoms with Crippen molar-refractivity contribution in [1.29, 1.82) is 0 Å². The third-order valence-electron chi connectivity index (χ3n) is 5.21. The van der Waals surface area contributed by atoms with Crippen LogP contribution in [0.2, 0.25) is 0 Å². The molecule has 1 aliphatic rings. The second-order valence-electron chi connectivity index (χ2n) is 7.06. The van der Waals surface area contributed by atoms with E-state index in [9.17, 15) is 4.39 Å². The molecule has 1 aliphatic heterocycles. The van der Waals surface area contributed by atoms with E-state index in [0.29, 0.717) is 36.7 Å². The molecule has 0 aliphatic carbocycles. The highest BCUT2D eigenvalue weighted by Crippen LogP contribution is 2.31. The molecule has 4 aromatic rings. The minimum atomic E-state index is -0.250. The molecule has 0 spiro atoms. The molecule has 29 heavy (non-hydrogen) atoms. The number of halogens is 1. The number of hydrogen-bond donors (Lipinski definition) is 1. The van der Waals surface area contributed by atoms with Gasteiger partial charge in [-0.05, 0) is 32.0 Å². The smallest absolute Gasteiger partial charge is 0.210 e. The van der Waals surface area contributed by atoms with Crippen molar-refractivity contribution in [2.75, 3.05) is 11.9 Å². The molecule has 0 atom stereocenters. The van der Waals surface area contributed by atoms with E-state index in [4.69, 9.17) is 4.74 Å². The summed E-state index contributed by atoms with van der Waals surface area (Å²) in [6, 6.07) is 7.10. The Kier molecular flexibility index (Phi) is 4.12. The number of rotatable bonds is 4. The molecule has 0 fully saturated rings. The minimum Gasteiger partial charge on any atom is -0.493 e. The van der Waals surface area contributed by atoms with Crippen LogP contribution in [-0.4, -0.2) is 31.2 Å². The lowest BCUT2D eigenvalue weighted by atomic mass is 10.0. The molecule has 1 N–H and O–H groups in total. The molecule has 0 unspecified atom stereocenters. The zero-order valence-electron chi connectivity index (χ0n) is 16.1. The van der Waals surface area contributed by atoms with Gasteiger partial charge in [-0.3, -0.25) is 9.38 Å². The van der Waals surface area contributed by atoms with Crippen LogP contribution in [0.25, 0.3) is 16.8 Å². The number of hydrogen-bond acceptors (Lipinski definition) is 6. The van der Waals surface area contributed by atoms with Gasteiger partial charge in [-0.1, -0.05) is 6.07 Å². The Morgan fingerprint density at radius 2 is 2.07 bits per heavy atom. The van der Waals surface area contributed by atoms with Gasteiger partial charge in [0.15, 0.2) is 5.65 Å². The van der Waals surface area contributed by atoms with Gasteiger partial charge in [0.1, 0.15) is 17.9 Å². The molecule has 4 heterocycles. The maximum absolute atomic E-state index is 14.4. The molecular formula is C21H19FN6O. The lowest BCUT2D eigenvalue weighted by Gasteiger charge is -2.13. The number of pyridine rings is 1. The lowest BCUT2D eigenvalue weighted by Crippen LogP contribution is -2.10. The zero-order chi connectivity index (χ0) is 20.0. The second kappa shape index (κ2) is 6.80. The number of anilines is 1. The van der Waals surface area contributed by atoms with E-state index in [1.807, 2.05) is 26.0 Å². The largest absolute Gasteiger partial charge is 0.493 e. The lowest BCUT2D eigenvalue weighted by molar-refractivity contribution is 0.356. The van der Waals surface area contributed by atoms with Gasteiger partial charge in [0.25, 0.3) is 0 Å². The molecule has 7 nitrogen and oxygen atoms in total. The van der Waals surface area contributed by atoms with Crippen molar-refractivity contribution in [2.45, 2.75) is 26.8 Å². The fourth-order valence-corrected chi connectivity index (χ4v) is 3.79. The van der Waals surface area contributed by atoms with Crippen LogP contribution in [0.4, 0.5) is 10.3 Å². The molecule has 0 bridgehead atoms. The number of ether oxygens (including phenoxy) is 1. The predicted molar refractivity (Wildman–Crippen MR) is 106 cm³/mol. The maximum Gasteiger partial charge on any atom is 0.210 e. The summed E-state index contributed by atoms with van der Waals surface area (Å²) in [6.45, 7) is 4.79. The second-order valence-corrected chi connectivity index (χ2v) is 7.06. The predicted octanol–water partition coefficient (Wildman–Crippen LogP) is 3.49. The molecule has 1 aromatic carbocycles. The summed E-state index contributed by atoms with van der Waals surface area (Å²) >= 11 is 0. The average molecular weight is 390 g/mol. The van der Waals surface area contributed by atoms with Gasteiger partial charge in [-0.15, -0.1) is 10.2 Å². The topological polar surface area (TPSA) is 77.2 Å². The Labute approximate surface area is 166 Å². The van der Waals surface area contributed by atoms with E-state index >= 15 is 0 Å². The van der Waals surface area contributed by atoms with Gasteiger partial charge in [0.05, 0.1) is 6.61 Å². The monoisotopic (exact) mass is 390 g/mol. The first-order valence-electron chi connectivity index (χ1n) is 9.42. The van der Waals surface area contributed by atoms with Crippen molar-refractivity contribution in [1.82, 2.24) is 24.6 Å². The summed E-state index contributed by atoms with van der Waals surface area (Å²) < 4.78 is 21.7. The van der Waals surface area contributed by atoms with Crippen LogP contribution in [0.1, 0.15) is 22.5 Å². The van der Waals surface area contributed by atoms with Crippen molar-refractivity contribution < 1.29 is 9.13 Å². The summed E-state index contributed by atoms with van der Waals surface area (Å²) in [5, 5.41) is 11.5. The first kappa shape index (κ1) is 17.5. The van der Waals surface area contributed by atoms with E-state index in [1.165, 1.54) is 6.07 Å². The molecule has 0 saturated carbocycles. The van der Waals surface area contributed by atoms with E-state index in [1.54, 1.807) is 23.0 Å². The third kappa shape index (κ3) is 2.97. The number of nitrogens with zero attached hydrogens (tertiary/aromatic N) is 5. The van der Waals surface area contributed by atoms with Crippen LogP contribution in [0, 0.1) is 19.7 Å². The van der Waals surface area contributed by atoms with Crippen LogP contribution < -0.4 is 10.1 Å². The summed E-state index contributed by atoms with van der Waals surface area (Å²) in [5.74, 6) is 1.05. The summed E-state index contributed by atoms with van der Waals surface area (Å²) in [5.41, 5.74) is 5.84. The number of nitrogens with one attached hydrogen (secondary N) is 1. The Balaban J connectivity index is 1.50. The molecule has 3 aromatic heterocycles. The van der Waals surface area contributed by atoms with E-state index in [0.717, 1.165) is 33.8 Å². The molecular weight excluding hydrogens is 371 g/mol. The average Bonchev–Trinajstić information content (AvgIpc) is 3.37. The van der Waals surface area contributed by atoms with Crippen molar-refractivity contribution >= 4 is 11.6 Å². The highest BCUT2D eigenvalue weighted by molar-refractivity contribution is 5.78. The molecule has 0 saturated heterocycles. The van der Waals surface area contributed by atoms with E-state index in [-0.39, 0.29) is 5.82 Å². The fraction of sp³-hybridized carbons (Fsp3) is 0.238. The van der Waals surface area contributed by atoms with Gasteiger partial charge in [0.2, 0.25) is 5.95 Å². The highest BCUT2D eigenvalue weighted by atomic mass is 19.1. The highest BCUT2D eigenvalue weighted by Gasteiger charge is 2.20. The fourth-order valence-electron chi connectivity index (χ4n) is 3.79. The molecule has 5 rings (SSSR count). The van der Waals surface area contributed by atoms with Crippen molar-refractivity contribution in [2.24, 2.45) is 0 Å². The van der Waals surface area contributed by atoms with Gasteiger partial charge in [0, 0.05) is 52.8 Å². The van der Waals surface area contributed by atoms with Crippen LogP contribution in [-0.2, 0) is 13.0 Å². The number of fused-ring (bicyclic) bond motifs is 2. The summed E-state index contributed by atoms with van der Waals surface area (Å²) in [4.78, 5) is 9.08. The van der Waals surface area contributed by atoms with Gasteiger partial charge >= 0.3 is 0 Å². The summed E-state index contributed by atoms with van der Waals surface area (Å²) in [7, 11) is 0. The Morgan fingerprint density at radius 3 is 2.93 bits per heavy atom. The number of aryl methyl sites for hydroxylation is 2. The first-order chi connectivity index (χ1) is 14.1. The third-order valence-corrected chi connectivity index (χ3v) is 5.21.